The quantitative estimate of drug-likeness (QED) is 0.888. The lowest BCUT2D eigenvalue weighted by Gasteiger charge is -2.20. The number of benzene rings is 1. The van der Waals surface area contributed by atoms with Crippen LogP contribution < -0.4 is 5.32 Å². The van der Waals surface area contributed by atoms with Crippen molar-refractivity contribution >= 4 is 17.5 Å². The number of alkyl halides is 3. The Labute approximate surface area is 138 Å². The van der Waals surface area contributed by atoms with E-state index in [-0.39, 0.29) is 18.9 Å². The molecule has 1 aliphatic heterocycles. The van der Waals surface area contributed by atoms with E-state index in [1.807, 2.05) is 0 Å². The van der Waals surface area contributed by atoms with Crippen LogP contribution in [0.5, 0.6) is 0 Å². The Kier molecular flexibility index (Phi) is 5.36. The highest BCUT2D eigenvalue weighted by molar-refractivity contribution is 5.87. The predicted octanol–water partition coefficient (Wildman–Crippen LogP) is 1.89. The van der Waals surface area contributed by atoms with Gasteiger partial charge in [0.05, 0.1) is 6.42 Å². The van der Waals surface area contributed by atoms with Crippen molar-refractivity contribution in [1.82, 2.24) is 9.80 Å². The summed E-state index contributed by atoms with van der Waals surface area (Å²) in [4.78, 5) is 26.3. The van der Waals surface area contributed by atoms with Gasteiger partial charge in [0.15, 0.2) is 0 Å². The van der Waals surface area contributed by atoms with Crippen molar-refractivity contribution in [3.63, 3.8) is 0 Å². The number of likely N-dealkylation sites (tertiary alicyclic amines) is 1. The maximum atomic E-state index is 12.5. The Bertz CT molecular complexity index is 617. The molecule has 1 N–H and O–H groups in total. The molecule has 0 aliphatic carbocycles. The number of para-hydroxylation sites is 1. The molecule has 1 fully saturated rings. The highest BCUT2D eigenvalue weighted by Gasteiger charge is 2.39. The summed E-state index contributed by atoms with van der Waals surface area (Å²) in [6.07, 6.45) is -3.95. The normalized spacial score (nSPS) is 18.0. The van der Waals surface area contributed by atoms with Gasteiger partial charge in [0, 0.05) is 26.3 Å². The van der Waals surface area contributed by atoms with Crippen molar-refractivity contribution in [2.45, 2.75) is 25.1 Å². The molecule has 1 atom stereocenters. The van der Waals surface area contributed by atoms with E-state index < -0.39 is 24.7 Å². The number of anilines is 1. The average Bonchev–Trinajstić information content (AvgIpc) is 2.80. The molecule has 0 bridgehead atoms. The van der Waals surface area contributed by atoms with E-state index in [2.05, 4.69) is 5.32 Å². The second kappa shape index (κ2) is 7.11. The van der Waals surface area contributed by atoms with Crippen LogP contribution in [0.1, 0.15) is 12.0 Å². The second-order valence-electron chi connectivity index (χ2n) is 5.98. The maximum Gasteiger partial charge on any atom is 0.406 e. The number of hydrogen-bond donors (Lipinski definition) is 1. The van der Waals surface area contributed by atoms with Crippen LogP contribution in [-0.4, -0.2) is 61.0 Å². The van der Waals surface area contributed by atoms with Crippen LogP contribution in [0, 0.1) is 0 Å². The number of nitrogens with one attached hydrogen (secondary N) is 1. The summed E-state index contributed by atoms with van der Waals surface area (Å²) in [6, 6.07) is 6.30. The minimum atomic E-state index is -4.40. The zero-order chi connectivity index (χ0) is 17.9. The van der Waals surface area contributed by atoms with E-state index in [1.165, 1.54) is 4.90 Å². The van der Waals surface area contributed by atoms with Crippen LogP contribution >= 0.6 is 0 Å². The molecule has 0 saturated carbocycles. The average molecular weight is 343 g/mol. The summed E-state index contributed by atoms with van der Waals surface area (Å²) in [6.45, 7) is -1.17. The third kappa shape index (κ3) is 4.62. The molecule has 1 saturated heterocycles. The molecule has 0 spiro atoms. The lowest BCUT2D eigenvalue weighted by Crippen LogP contribution is -2.39. The lowest BCUT2D eigenvalue weighted by molar-refractivity contribution is -0.157. The molecule has 24 heavy (non-hydrogen) atoms. The number of carbonyl (C=O) groups excluding carboxylic acids is 2. The van der Waals surface area contributed by atoms with Crippen molar-refractivity contribution < 1.29 is 22.8 Å². The lowest BCUT2D eigenvalue weighted by atomic mass is 10.1. The highest BCUT2D eigenvalue weighted by Crippen LogP contribution is 2.24. The van der Waals surface area contributed by atoms with Gasteiger partial charge in [-0.1, -0.05) is 18.2 Å². The van der Waals surface area contributed by atoms with Crippen molar-refractivity contribution in [3.8, 4) is 0 Å². The van der Waals surface area contributed by atoms with E-state index in [0.29, 0.717) is 17.7 Å². The van der Waals surface area contributed by atoms with Crippen LogP contribution in [-0.2, 0) is 16.0 Å². The van der Waals surface area contributed by atoms with E-state index in [9.17, 15) is 22.8 Å². The molecule has 0 radical (unpaired) electrons. The predicted molar refractivity (Wildman–Crippen MR) is 83.5 cm³/mol. The molecule has 1 heterocycles. The summed E-state index contributed by atoms with van der Waals surface area (Å²) < 4.78 is 37.4. The van der Waals surface area contributed by atoms with Gasteiger partial charge in [-0.3, -0.25) is 9.59 Å². The Morgan fingerprint density at radius 3 is 2.62 bits per heavy atom. The summed E-state index contributed by atoms with van der Waals surface area (Å²) in [7, 11) is 3.29. The summed E-state index contributed by atoms with van der Waals surface area (Å²) in [5, 5.41) is 2.99. The fourth-order valence-electron chi connectivity index (χ4n) is 2.57. The molecule has 0 aromatic heterocycles. The number of amides is 2. The molecule has 1 aromatic rings. The van der Waals surface area contributed by atoms with Crippen molar-refractivity contribution in [2.75, 3.05) is 32.5 Å². The molecule has 8 heteroatoms. The zero-order valence-corrected chi connectivity index (χ0v) is 13.6. The van der Waals surface area contributed by atoms with Crippen molar-refractivity contribution in [2.24, 2.45) is 0 Å². The first-order valence-corrected chi connectivity index (χ1v) is 7.57. The molecule has 1 aliphatic rings. The maximum absolute atomic E-state index is 12.5. The first-order valence-electron chi connectivity index (χ1n) is 7.57. The SMILES string of the molecule is CN(C)C(=O)Cc1ccccc1N[C@H]1CCN(CC(F)(F)F)C1=O. The minimum Gasteiger partial charge on any atom is -0.373 e. The molecule has 1 aromatic carbocycles. The smallest absolute Gasteiger partial charge is 0.373 e. The van der Waals surface area contributed by atoms with Gasteiger partial charge in [0.1, 0.15) is 12.6 Å². The first kappa shape index (κ1) is 18.1. The number of nitrogens with zero attached hydrogens (tertiary/aromatic N) is 2. The zero-order valence-electron chi connectivity index (χ0n) is 13.6. The summed E-state index contributed by atoms with van der Waals surface area (Å²) in [5.41, 5.74) is 1.30. The number of rotatable bonds is 5. The molecule has 5 nitrogen and oxygen atoms in total. The van der Waals surface area contributed by atoms with Gasteiger partial charge in [-0.2, -0.15) is 13.2 Å². The van der Waals surface area contributed by atoms with Crippen LogP contribution in [0.3, 0.4) is 0 Å². The summed E-state index contributed by atoms with van der Waals surface area (Å²) in [5.74, 6) is -0.665. The van der Waals surface area contributed by atoms with Gasteiger partial charge in [-0.05, 0) is 18.1 Å². The monoisotopic (exact) mass is 343 g/mol. The van der Waals surface area contributed by atoms with Crippen molar-refractivity contribution in [3.05, 3.63) is 29.8 Å². The summed E-state index contributed by atoms with van der Waals surface area (Å²) >= 11 is 0. The number of likely N-dealkylation sites (N-methyl/N-ethyl adjacent to an activating group) is 1. The molecule has 0 unspecified atom stereocenters. The van der Waals surface area contributed by atoms with Crippen molar-refractivity contribution in [1.29, 1.82) is 0 Å². The van der Waals surface area contributed by atoms with Crippen LogP contribution in [0.25, 0.3) is 0 Å². The van der Waals surface area contributed by atoms with Gasteiger partial charge >= 0.3 is 6.18 Å². The van der Waals surface area contributed by atoms with Crippen LogP contribution in [0.4, 0.5) is 18.9 Å². The Hall–Kier alpha value is -2.25. The van der Waals surface area contributed by atoms with E-state index in [0.717, 1.165) is 4.90 Å². The van der Waals surface area contributed by atoms with Crippen LogP contribution in [0.15, 0.2) is 24.3 Å². The Balaban J connectivity index is 2.07. The van der Waals surface area contributed by atoms with Gasteiger partial charge in [-0.15, -0.1) is 0 Å². The fourth-order valence-corrected chi connectivity index (χ4v) is 2.57. The molecular formula is C16H20F3N3O2. The van der Waals surface area contributed by atoms with E-state index in [4.69, 9.17) is 0 Å². The van der Waals surface area contributed by atoms with Crippen LogP contribution in [0.2, 0.25) is 0 Å². The topological polar surface area (TPSA) is 52.7 Å². The van der Waals surface area contributed by atoms with Gasteiger partial charge in [0.2, 0.25) is 11.8 Å². The molecule has 2 rings (SSSR count). The number of halogens is 3. The minimum absolute atomic E-state index is 0.0643. The third-order valence-corrected chi connectivity index (χ3v) is 3.86. The number of hydrogen-bond acceptors (Lipinski definition) is 3. The largest absolute Gasteiger partial charge is 0.406 e. The number of carbonyl (C=O) groups is 2. The fraction of sp³-hybridized carbons (Fsp3) is 0.500. The Morgan fingerprint density at radius 1 is 1.33 bits per heavy atom. The molecule has 132 valence electrons. The highest BCUT2D eigenvalue weighted by atomic mass is 19.4. The Morgan fingerprint density at radius 2 is 2.00 bits per heavy atom. The third-order valence-electron chi connectivity index (χ3n) is 3.86. The van der Waals surface area contributed by atoms with E-state index >= 15 is 0 Å². The molecular weight excluding hydrogens is 323 g/mol. The van der Waals surface area contributed by atoms with Gasteiger partial charge in [0.25, 0.3) is 0 Å². The first-order chi connectivity index (χ1) is 11.2. The second-order valence-corrected chi connectivity index (χ2v) is 5.98. The van der Waals surface area contributed by atoms with E-state index in [1.54, 1.807) is 38.4 Å². The molecule has 2 amide bonds. The van der Waals surface area contributed by atoms with Gasteiger partial charge < -0.3 is 15.1 Å². The standard InChI is InChI=1S/C16H20F3N3O2/c1-21(2)14(23)9-11-5-3-4-6-12(11)20-13-7-8-22(15(13)24)10-16(17,18)19/h3-6,13,20H,7-10H2,1-2H3/t13-/m0/s1. The van der Waals surface area contributed by atoms with Gasteiger partial charge in [-0.25, -0.2) is 0 Å².